The predicted molar refractivity (Wildman–Crippen MR) is 236 cm³/mol. The van der Waals surface area contributed by atoms with E-state index >= 15 is 0 Å². The van der Waals surface area contributed by atoms with Crippen LogP contribution in [0.15, 0.2) is 36.5 Å². The Morgan fingerprint density at radius 1 is 0.509 bits per heavy atom. The van der Waals surface area contributed by atoms with E-state index in [0.29, 0.717) is 19.4 Å². The Bertz CT molecular complexity index is 900. The number of aliphatic hydroxyl groups is 2. The van der Waals surface area contributed by atoms with Crippen LogP contribution in [0.25, 0.3) is 0 Å². The number of carbonyl (C=O) groups excluding carboxylic acids is 2. The summed E-state index contributed by atoms with van der Waals surface area (Å²) < 4.78 is 5.44. The standard InChI is InChI=1S/C49H91NO5/c1-3-5-7-9-11-13-15-16-20-23-27-31-35-39-43-49(54)55-44-40-36-32-28-24-21-18-17-19-22-26-30-34-38-42-48(53)50-46(45-51)47(52)41-37-33-29-25-14-12-10-8-6-4-2/h9,11,15-16,37,41,46-47,51-52H,3-8,10,12-14,17-36,38-40,42-45H2,1-2H3,(H,50,53)/b11-9-,16-15-,41-37+. The van der Waals surface area contributed by atoms with E-state index in [9.17, 15) is 19.8 Å². The zero-order chi connectivity index (χ0) is 40.1. The van der Waals surface area contributed by atoms with Crippen LogP contribution in [0.1, 0.15) is 239 Å². The van der Waals surface area contributed by atoms with Gasteiger partial charge in [0.15, 0.2) is 0 Å². The number of hydrogen-bond acceptors (Lipinski definition) is 5. The van der Waals surface area contributed by atoms with Crippen molar-refractivity contribution in [2.75, 3.05) is 13.2 Å². The number of aliphatic hydroxyl groups excluding tert-OH is 2. The monoisotopic (exact) mass is 774 g/mol. The van der Waals surface area contributed by atoms with Gasteiger partial charge in [0.05, 0.1) is 25.4 Å². The smallest absolute Gasteiger partial charge is 0.305 e. The first kappa shape index (κ1) is 53.1. The lowest BCUT2D eigenvalue weighted by Gasteiger charge is -2.20. The molecule has 0 fully saturated rings. The molecule has 1 amide bonds. The molecule has 0 saturated heterocycles. The van der Waals surface area contributed by atoms with Gasteiger partial charge in [-0.1, -0.05) is 204 Å². The second kappa shape index (κ2) is 44.8. The maximum atomic E-state index is 12.4. The molecule has 0 aliphatic rings. The molecular weight excluding hydrogens is 683 g/mol. The second-order valence-corrected chi connectivity index (χ2v) is 16.1. The molecule has 0 heterocycles. The quantitative estimate of drug-likeness (QED) is 0.0326. The van der Waals surface area contributed by atoms with Crippen LogP contribution in [-0.4, -0.2) is 47.4 Å². The van der Waals surface area contributed by atoms with Gasteiger partial charge in [-0.2, -0.15) is 0 Å². The van der Waals surface area contributed by atoms with Gasteiger partial charge in [-0.25, -0.2) is 0 Å². The third-order valence-corrected chi connectivity index (χ3v) is 10.7. The number of nitrogens with one attached hydrogen (secondary N) is 1. The lowest BCUT2D eigenvalue weighted by molar-refractivity contribution is -0.143. The first-order valence-electron chi connectivity index (χ1n) is 23.8. The molecule has 0 aromatic heterocycles. The molecule has 0 bridgehead atoms. The van der Waals surface area contributed by atoms with E-state index in [1.54, 1.807) is 6.08 Å². The molecule has 6 heteroatoms. The lowest BCUT2D eigenvalue weighted by Crippen LogP contribution is -2.45. The fraction of sp³-hybridized carbons (Fsp3) is 0.837. The van der Waals surface area contributed by atoms with E-state index in [1.807, 2.05) is 6.08 Å². The summed E-state index contributed by atoms with van der Waals surface area (Å²) in [6, 6.07) is -0.634. The number of carbonyl (C=O) groups is 2. The predicted octanol–water partition coefficient (Wildman–Crippen LogP) is 13.7. The van der Waals surface area contributed by atoms with Crippen molar-refractivity contribution in [2.24, 2.45) is 0 Å². The first-order chi connectivity index (χ1) is 27.0. The second-order valence-electron chi connectivity index (χ2n) is 16.1. The van der Waals surface area contributed by atoms with Crippen LogP contribution >= 0.6 is 0 Å². The maximum absolute atomic E-state index is 12.4. The Morgan fingerprint density at radius 2 is 0.927 bits per heavy atom. The minimum absolute atomic E-state index is 0.0192. The molecule has 0 radical (unpaired) electrons. The van der Waals surface area contributed by atoms with Crippen molar-refractivity contribution in [3.63, 3.8) is 0 Å². The van der Waals surface area contributed by atoms with Crippen LogP contribution in [0, 0.1) is 0 Å². The summed E-state index contributed by atoms with van der Waals surface area (Å²) in [5, 5.41) is 22.9. The average Bonchev–Trinajstić information content (AvgIpc) is 3.18. The van der Waals surface area contributed by atoms with Crippen molar-refractivity contribution < 1.29 is 24.5 Å². The highest BCUT2D eigenvalue weighted by atomic mass is 16.5. The number of unbranched alkanes of at least 4 members (excludes halogenated alkanes) is 28. The minimum Gasteiger partial charge on any atom is -0.466 e. The van der Waals surface area contributed by atoms with E-state index in [1.165, 1.54) is 148 Å². The van der Waals surface area contributed by atoms with Crippen LogP contribution in [0.4, 0.5) is 0 Å². The molecule has 6 nitrogen and oxygen atoms in total. The number of allylic oxidation sites excluding steroid dienone is 5. The fourth-order valence-corrected chi connectivity index (χ4v) is 6.94. The third kappa shape index (κ3) is 41.5. The van der Waals surface area contributed by atoms with E-state index in [4.69, 9.17) is 4.74 Å². The van der Waals surface area contributed by atoms with Gasteiger partial charge in [-0.3, -0.25) is 9.59 Å². The van der Waals surface area contributed by atoms with Crippen molar-refractivity contribution in [1.82, 2.24) is 5.32 Å². The summed E-state index contributed by atoms with van der Waals surface area (Å²) in [4.78, 5) is 24.4. The summed E-state index contributed by atoms with van der Waals surface area (Å²) in [6.45, 7) is 4.80. The van der Waals surface area contributed by atoms with E-state index in [0.717, 1.165) is 64.2 Å². The fourth-order valence-electron chi connectivity index (χ4n) is 6.94. The summed E-state index contributed by atoms with van der Waals surface area (Å²) >= 11 is 0. The van der Waals surface area contributed by atoms with Crippen LogP contribution in [0.2, 0.25) is 0 Å². The summed E-state index contributed by atoms with van der Waals surface area (Å²) in [5.74, 6) is -0.102. The van der Waals surface area contributed by atoms with Crippen molar-refractivity contribution in [1.29, 1.82) is 0 Å². The number of ether oxygens (including phenoxy) is 1. The number of hydrogen-bond donors (Lipinski definition) is 3. The average molecular weight is 774 g/mol. The minimum atomic E-state index is -0.850. The van der Waals surface area contributed by atoms with E-state index in [-0.39, 0.29) is 18.5 Å². The van der Waals surface area contributed by atoms with Crippen molar-refractivity contribution >= 4 is 11.9 Å². The molecule has 0 aliphatic heterocycles. The molecule has 3 N–H and O–H groups in total. The highest BCUT2D eigenvalue weighted by molar-refractivity contribution is 5.76. The molecule has 322 valence electrons. The number of rotatable bonds is 43. The van der Waals surface area contributed by atoms with Crippen LogP contribution in [0.3, 0.4) is 0 Å². The summed E-state index contributed by atoms with van der Waals surface area (Å²) in [7, 11) is 0. The molecule has 0 aromatic carbocycles. The van der Waals surface area contributed by atoms with Gasteiger partial charge in [-0.15, -0.1) is 0 Å². The molecular formula is C49H91NO5. The summed E-state index contributed by atoms with van der Waals surface area (Å²) in [5.41, 5.74) is 0. The lowest BCUT2D eigenvalue weighted by atomic mass is 10.0. The Balaban J connectivity index is 3.47. The molecule has 55 heavy (non-hydrogen) atoms. The summed E-state index contributed by atoms with van der Waals surface area (Å²) in [6.07, 6.45) is 52.7. The Kier molecular flexibility index (Phi) is 43.2. The molecule has 0 saturated carbocycles. The highest BCUT2D eigenvalue weighted by Crippen LogP contribution is 2.15. The van der Waals surface area contributed by atoms with E-state index < -0.39 is 12.1 Å². The van der Waals surface area contributed by atoms with Gasteiger partial charge < -0.3 is 20.3 Å². The zero-order valence-electron chi connectivity index (χ0n) is 36.4. The van der Waals surface area contributed by atoms with Gasteiger partial charge in [0.25, 0.3) is 0 Å². The highest BCUT2D eigenvalue weighted by Gasteiger charge is 2.18. The first-order valence-corrected chi connectivity index (χ1v) is 23.8. The molecule has 0 spiro atoms. The molecule has 2 unspecified atom stereocenters. The van der Waals surface area contributed by atoms with Gasteiger partial charge in [0.2, 0.25) is 5.91 Å². The van der Waals surface area contributed by atoms with Gasteiger partial charge in [0, 0.05) is 12.8 Å². The zero-order valence-corrected chi connectivity index (χ0v) is 36.4. The maximum Gasteiger partial charge on any atom is 0.305 e. The molecule has 0 rings (SSSR count). The SMILES string of the molecule is CCCC/C=C\C/C=C\CCCCCCCC(=O)OCCCCCCCCCCCCCCCCC(=O)NC(CO)C(O)/C=C/CCCCCCCCCC. The molecule has 0 aromatic rings. The molecule has 2 atom stereocenters. The van der Waals surface area contributed by atoms with Crippen LogP contribution < -0.4 is 5.32 Å². The number of esters is 1. The topological polar surface area (TPSA) is 95.9 Å². The van der Waals surface area contributed by atoms with Crippen molar-refractivity contribution in [3.05, 3.63) is 36.5 Å². The van der Waals surface area contributed by atoms with Gasteiger partial charge in [0.1, 0.15) is 0 Å². The van der Waals surface area contributed by atoms with E-state index in [2.05, 4.69) is 43.5 Å². The normalized spacial score (nSPS) is 13.0. The van der Waals surface area contributed by atoms with Gasteiger partial charge >= 0.3 is 5.97 Å². The third-order valence-electron chi connectivity index (χ3n) is 10.7. The number of amides is 1. The van der Waals surface area contributed by atoms with Crippen molar-refractivity contribution in [3.8, 4) is 0 Å². The largest absolute Gasteiger partial charge is 0.466 e. The Morgan fingerprint density at radius 3 is 1.44 bits per heavy atom. The van der Waals surface area contributed by atoms with Crippen molar-refractivity contribution in [2.45, 2.75) is 251 Å². The van der Waals surface area contributed by atoms with Crippen LogP contribution in [-0.2, 0) is 14.3 Å². The Labute approximate surface area is 341 Å². The molecule has 0 aliphatic carbocycles. The van der Waals surface area contributed by atoms with Gasteiger partial charge in [-0.05, 0) is 57.8 Å². The Hall–Kier alpha value is -1.92. The van der Waals surface area contributed by atoms with Crippen LogP contribution in [0.5, 0.6) is 0 Å².